The minimum absolute atomic E-state index is 0.202. The highest BCUT2D eigenvalue weighted by atomic mass is 32.1. The SMILES string of the molecule is CCOC(=O)Cc1csc(NC2CCCCC2C(C)C)n1. The maximum Gasteiger partial charge on any atom is 0.311 e. The summed E-state index contributed by atoms with van der Waals surface area (Å²) in [5.41, 5.74) is 0.804. The van der Waals surface area contributed by atoms with E-state index in [1.165, 1.54) is 25.7 Å². The van der Waals surface area contributed by atoms with Crippen LogP contribution >= 0.6 is 11.3 Å². The summed E-state index contributed by atoms with van der Waals surface area (Å²) < 4.78 is 4.96. The lowest BCUT2D eigenvalue weighted by Gasteiger charge is -2.34. The quantitative estimate of drug-likeness (QED) is 0.810. The lowest BCUT2D eigenvalue weighted by atomic mass is 9.78. The second-order valence-corrected chi connectivity index (χ2v) is 6.93. The standard InChI is InChI=1S/C16H26N2O2S/c1-4-20-15(19)9-12-10-21-16(17-12)18-14-8-6-5-7-13(14)11(2)3/h10-11,13-14H,4-9H2,1-3H3,(H,17,18). The van der Waals surface area contributed by atoms with Gasteiger partial charge in [0, 0.05) is 11.4 Å². The number of nitrogens with one attached hydrogen (secondary N) is 1. The Morgan fingerprint density at radius 3 is 2.95 bits per heavy atom. The van der Waals surface area contributed by atoms with Crippen molar-refractivity contribution in [3.8, 4) is 0 Å². The maximum atomic E-state index is 11.5. The van der Waals surface area contributed by atoms with Crippen molar-refractivity contribution >= 4 is 22.4 Å². The molecule has 1 aliphatic carbocycles. The summed E-state index contributed by atoms with van der Waals surface area (Å²) in [7, 11) is 0. The van der Waals surface area contributed by atoms with E-state index in [0.29, 0.717) is 18.6 Å². The van der Waals surface area contributed by atoms with E-state index in [2.05, 4.69) is 24.1 Å². The molecule has 2 atom stereocenters. The molecule has 1 saturated carbocycles. The topological polar surface area (TPSA) is 51.2 Å². The number of carbonyl (C=O) groups excluding carboxylic acids is 1. The molecule has 0 bridgehead atoms. The summed E-state index contributed by atoms with van der Waals surface area (Å²) in [6.07, 6.45) is 5.42. The second-order valence-electron chi connectivity index (χ2n) is 6.07. The number of hydrogen-bond acceptors (Lipinski definition) is 5. The Morgan fingerprint density at radius 2 is 2.24 bits per heavy atom. The molecule has 0 saturated heterocycles. The van der Waals surface area contributed by atoms with Crippen LogP contribution in [0, 0.1) is 11.8 Å². The zero-order chi connectivity index (χ0) is 15.2. The van der Waals surface area contributed by atoms with E-state index in [9.17, 15) is 4.79 Å². The summed E-state index contributed by atoms with van der Waals surface area (Å²) in [6, 6.07) is 0.514. The first-order valence-corrected chi connectivity index (χ1v) is 8.84. The Labute approximate surface area is 131 Å². The average Bonchev–Trinajstić information content (AvgIpc) is 2.86. The zero-order valence-corrected chi connectivity index (χ0v) is 14.0. The van der Waals surface area contributed by atoms with Crippen LogP contribution in [0.25, 0.3) is 0 Å². The summed E-state index contributed by atoms with van der Waals surface area (Å²) in [5.74, 6) is 1.21. The number of thiazole rings is 1. The van der Waals surface area contributed by atoms with E-state index in [0.717, 1.165) is 16.7 Å². The molecule has 0 aromatic carbocycles. The van der Waals surface area contributed by atoms with Gasteiger partial charge in [0.15, 0.2) is 5.13 Å². The monoisotopic (exact) mass is 310 g/mol. The van der Waals surface area contributed by atoms with Crippen LogP contribution in [-0.4, -0.2) is 23.6 Å². The first kappa shape index (κ1) is 16.3. The number of aromatic nitrogens is 1. The van der Waals surface area contributed by atoms with Crippen molar-refractivity contribution in [1.82, 2.24) is 4.98 Å². The molecular formula is C16H26N2O2S. The molecule has 1 aliphatic rings. The Kier molecular flexibility index (Phi) is 6.03. The minimum atomic E-state index is -0.202. The molecule has 0 radical (unpaired) electrons. The molecule has 5 heteroatoms. The van der Waals surface area contributed by atoms with Gasteiger partial charge in [0.2, 0.25) is 0 Å². The maximum absolute atomic E-state index is 11.5. The first-order chi connectivity index (χ1) is 10.1. The number of carbonyl (C=O) groups is 1. The largest absolute Gasteiger partial charge is 0.466 e. The number of rotatable bonds is 6. The fourth-order valence-electron chi connectivity index (χ4n) is 3.11. The molecule has 2 rings (SSSR count). The predicted octanol–water partition coefficient (Wildman–Crippen LogP) is 3.88. The number of esters is 1. The molecule has 118 valence electrons. The van der Waals surface area contributed by atoms with Gasteiger partial charge in [-0.1, -0.05) is 26.7 Å². The van der Waals surface area contributed by atoms with E-state index in [4.69, 9.17) is 4.74 Å². The first-order valence-electron chi connectivity index (χ1n) is 7.96. The van der Waals surface area contributed by atoms with Crippen LogP contribution in [0.1, 0.15) is 52.1 Å². The van der Waals surface area contributed by atoms with Crippen molar-refractivity contribution in [2.75, 3.05) is 11.9 Å². The van der Waals surface area contributed by atoms with Crippen molar-refractivity contribution in [1.29, 1.82) is 0 Å². The van der Waals surface area contributed by atoms with Gasteiger partial charge in [-0.25, -0.2) is 4.98 Å². The van der Waals surface area contributed by atoms with Crippen LogP contribution in [0.4, 0.5) is 5.13 Å². The van der Waals surface area contributed by atoms with Crippen LogP contribution in [0.15, 0.2) is 5.38 Å². The fourth-order valence-corrected chi connectivity index (χ4v) is 3.88. The van der Waals surface area contributed by atoms with Crippen molar-refractivity contribution in [3.63, 3.8) is 0 Å². The smallest absolute Gasteiger partial charge is 0.311 e. The lowest BCUT2D eigenvalue weighted by molar-refractivity contribution is -0.142. The molecule has 1 aromatic heterocycles. The third-order valence-electron chi connectivity index (χ3n) is 4.17. The van der Waals surface area contributed by atoms with Gasteiger partial charge in [0.1, 0.15) is 0 Å². The van der Waals surface area contributed by atoms with Crippen molar-refractivity contribution in [2.24, 2.45) is 11.8 Å². The van der Waals surface area contributed by atoms with Gasteiger partial charge < -0.3 is 10.1 Å². The summed E-state index contributed by atoms with van der Waals surface area (Å²) in [5, 5.41) is 6.48. The number of nitrogens with zero attached hydrogens (tertiary/aromatic N) is 1. The van der Waals surface area contributed by atoms with Gasteiger partial charge in [0.25, 0.3) is 0 Å². The lowest BCUT2D eigenvalue weighted by Crippen LogP contribution is -2.35. The average molecular weight is 310 g/mol. The van der Waals surface area contributed by atoms with Crippen molar-refractivity contribution < 1.29 is 9.53 Å². The summed E-state index contributed by atoms with van der Waals surface area (Å²) >= 11 is 1.59. The van der Waals surface area contributed by atoms with Crippen LogP contribution in [0.2, 0.25) is 0 Å². The van der Waals surface area contributed by atoms with Gasteiger partial charge in [0.05, 0.1) is 18.7 Å². The van der Waals surface area contributed by atoms with E-state index >= 15 is 0 Å². The molecule has 1 heterocycles. The third-order valence-corrected chi connectivity index (χ3v) is 4.99. The fraction of sp³-hybridized carbons (Fsp3) is 0.750. The zero-order valence-electron chi connectivity index (χ0n) is 13.2. The molecule has 4 nitrogen and oxygen atoms in total. The Bertz CT molecular complexity index is 459. The van der Waals surface area contributed by atoms with Crippen LogP contribution < -0.4 is 5.32 Å². The van der Waals surface area contributed by atoms with Crippen LogP contribution in [0.5, 0.6) is 0 Å². The predicted molar refractivity (Wildman–Crippen MR) is 86.7 cm³/mol. The van der Waals surface area contributed by atoms with Gasteiger partial charge in [-0.15, -0.1) is 11.3 Å². The summed E-state index contributed by atoms with van der Waals surface area (Å²) in [6.45, 7) is 6.85. The normalized spacial score (nSPS) is 22.3. The highest BCUT2D eigenvalue weighted by Gasteiger charge is 2.28. The molecule has 0 aliphatic heterocycles. The van der Waals surface area contributed by atoms with Crippen molar-refractivity contribution in [3.05, 3.63) is 11.1 Å². The molecule has 1 aromatic rings. The van der Waals surface area contributed by atoms with Gasteiger partial charge in [-0.2, -0.15) is 0 Å². The Balaban J connectivity index is 1.93. The van der Waals surface area contributed by atoms with E-state index in [1.807, 2.05) is 12.3 Å². The molecule has 2 unspecified atom stereocenters. The third kappa shape index (κ3) is 4.70. The highest BCUT2D eigenvalue weighted by molar-refractivity contribution is 7.13. The highest BCUT2D eigenvalue weighted by Crippen LogP contribution is 2.32. The molecule has 1 fully saturated rings. The number of ether oxygens (including phenoxy) is 1. The van der Waals surface area contributed by atoms with Gasteiger partial charge >= 0.3 is 5.97 Å². The Hall–Kier alpha value is -1.10. The van der Waals surface area contributed by atoms with Gasteiger partial charge in [-0.05, 0) is 31.6 Å². The summed E-state index contributed by atoms with van der Waals surface area (Å²) in [4.78, 5) is 16.0. The molecule has 0 spiro atoms. The minimum Gasteiger partial charge on any atom is -0.466 e. The van der Waals surface area contributed by atoms with E-state index < -0.39 is 0 Å². The molecular weight excluding hydrogens is 284 g/mol. The molecule has 0 amide bonds. The van der Waals surface area contributed by atoms with Crippen LogP contribution in [0.3, 0.4) is 0 Å². The number of anilines is 1. The molecule has 21 heavy (non-hydrogen) atoms. The second kappa shape index (κ2) is 7.78. The van der Waals surface area contributed by atoms with E-state index in [1.54, 1.807) is 11.3 Å². The van der Waals surface area contributed by atoms with Gasteiger partial charge in [-0.3, -0.25) is 4.79 Å². The number of hydrogen-bond donors (Lipinski definition) is 1. The van der Waals surface area contributed by atoms with Crippen LogP contribution in [-0.2, 0) is 16.0 Å². The molecule has 1 N–H and O–H groups in total. The van der Waals surface area contributed by atoms with Crippen molar-refractivity contribution in [2.45, 2.75) is 58.9 Å². The van der Waals surface area contributed by atoms with E-state index in [-0.39, 0.29) is 12.4 Å². The Morgan fingerprint density at radius 1 is 1.48 bits per heavy atom.